The van der Waals surface area contributed by atoms with Gasteiger partial charge < -0.3 is 0 Å². The molecule has 0 radical (unpaired) electrons. The molecule has 0 fully saturated rings. The van der Waals surface area contributed by atoms with Crippen molar-refractivity contribution in [1.29, 1.82) is 0 Å². The Labute approximate surface area is 71.5 Å². The molecule has 0 rings (SSSR count). The van der Waals surface area contributed by atoms with Gasteiger partial charge in [0, 0.05) is 6.42 Å². The third kappa shape index (κ3) is 6.22. The van der Waals surface area contributed by atoms with Crippen LogP contribution in [0.1, 0.15) is 19.8 Å². The van der Waals surface area contributed by atoms with Crippen LogP contribution >= 0.6 is 0 Å². The van der Waals surface area contributed by atoms with Gasteiger partial charge in [-0.05, 0) is 13.5 Å². The van der Waals surface area contributed by atoms with E-state index in [0.29, 0.717) is 6.42 Å². The van der Waals surface area contributed by atoms with Crippen LogP contribution in [0.25, 0.3) is 0 Å². The summed E-state index contributed by atoms with van der Waals surface area (Å²) in [5.74, 6) is 0.0284. The van der Waals surface area contributed by atoms with E-state index < -0.39 is 6.43 Å². The number of Topliss-reactive ketones (excluding diaryl/α,β-unsaturated/α-hetero) is 1. The average Bonchev–Trinajstić information content (AvgIpc) is 1.84. The number of nitrogens with zero attached hydrogens (tertiary/aromatic N) is 1. The Hall–Kier alpha value is -0.510. The summed E-state index contributed by atoms with van der Waals surface area (Å²) < 4.78 is 23.5. The molecule has 0 saturated carbocycles. The highest BCUT2D eigenvalue weighted by atomic mass is 19.3. The molecule has 0 spiro atoms. The SMILES string of the molecule is CCCC(=O)CN(C)CC(F)F. The first-order chi connectivity index (χ1) is 5.56. The summed E-state index contributed by atoms with van der Waals surface area (Å²) in [4.78, 5) is 12.3. The fourth-order valence-corrected chi connectivity index (χ4v) is 0.959. The second kappa shape index (κ2) is 6.06. The van der Waals surface area contributed by atoms with Gasteiger partial charge in [-0.3, -0.25) is 9.69 Å². The number of halogens is 2. The molecule has 0 atom stereocenters. The molecule has 0 amide bonds. The monoisotopic (exact) mass is 179 g/mol. The lowest BCUT2D eigenvalue weighted by molar-refractivity contribution is -0.120. The van der Waals surface area contributed by atoms with Crippen molar-refractivity contribution in [3.63, 3.8) is 0 Å². The normalized spacial score (nSPS) is 11.2. The molecule has 0 saturated heterocycles. The summed E-state index contributed by atoms with van der Waals surface area (Å²) in [5, 5.41) is 0. The van der Waals surface area contributed by atoms with Crippen LogP contribution in [-0.2, 0) is 4.79 Å². The van der Waals surface area contributed by atoms with Crippen molar-refractivity contribution in [3.8, 4) is 0 Å². The third-order valence-corrected chi connectivity index (χ3v) is 1.42. The molecule has 2 nitrogen and oxygen atoms in total. The van der Waals surface area contributed by atoms with Crippen molar-refractivity contribution in [2.45, 2.75) is 26.2 Å². The summed E-state index contributed by atoms with van der Waals surface area (Å²) in [6, 6.07) is 0. The van der Waals surface area contributed by atoms with Gasteiger partial charge in [-0.2, -0.15) is 0 Å². The van der Waals surface area contributed by atoms with E-state index in [1.807, 2.05) is 6.92 Å². The van der Waals surface area contributed by atoms with E-state index in [4.69, 9.17) is 0 Å². The number of carbonyl (C=O) groups excluding carboxylic acids is 1. The largest absolute Gasteiger partial charge is 0.298 e. The molecule has 0 heterocycles. The molecule has 12 heavy (non-hydrogen) atoms. The number of ketones is 1. The van der Waals surface area contributed by atoms with Crippen LogP contribution in [0.3, 0.4) is 0 Å². The topological polar surface area (TPSA) is 20.3 Å². The van der Waals surface area contributed by atoms with Crippen molar-refractivity contribution in [2.24, 2.45) is 0 Å². The Balaban J connectivity index is 3.54. The van der Waals surface area contributed by atoms with Crippen molar-refractivity contribution in [1.82, 2.24) is 4.90 Å². The van der Waals surface area contributed by atoms with E-state index in [0.717, 1.165) is 6.42 Å². The first-order valence-corrected chi connectivity index (χ1v) is 4.04. The van der Waals surface area contributed by atoms with E-state index in [2.05, 4.69) is 0 Å². The van der Waals surface area contributed by atoms with Crippen LogP contribution in [0, 0.1) is 0 Å². The molecule has 0 bridgehead atoms. The van der Waals surface area contributed by atoms with Crippen LogP contribution < -0.4 is 0 Å². The molecule has 0 aliphatic rings. The smallest absolute Gasteiger partial charge is 0.251 e. The molecule has 72 valence electrons. The lowest BCUT2D eigenvalue weighted by atomic mass is 10.2. The van der Waals surface area contributed by atoms with Crippen LogP contribution in [0.2, 0.25) is 0 Å². The minimum Gasteiger partial charge on any atom is -0.298 e. The van der Waals surface area contributed by atoms with E-state index in [-0.39, 0.29) is 18.9 Å². The van der Waals surface area contributed by atoms with Crippen molar-refractivity contribution in [3.05, 3.63) is 0 Å². The zero-order chi connectivity index (χ0) is 9.56. The zero-order valence-electron chi connectivity index (χ0n) is 7.52. The Kier molecular flexibility index (Phi) is 5.80. The first kappa shape index (κ1) is 11.5. The second-order valence-corrected chi connectivity index (χ2v) is 2.88. The average molecular weight is 179 g/mol. The molecule has 0 aliphatic heterocycles. The molecule has 0 N–H and O–H groups in total. The fourth-order valence-electron chi connectivity index (χ4n) is 0.959. The van der Waals surface area contributed by atoms with E-state index in [1.165, 1.54) is 11.9 Å². The van der Waals surface area contributed by atoms with Crippen molar-refractivity contribution < 1.29 is 13.6 Å². The lowest BCUT2D eigenvalue weighted by Gasteiger charge is -2.14. The molecular formula is C8H15F2NO. The van der Waals surface area contributed by atoms with E-state index in [1.54, 1.807) is 0 Å². The predicted octanol–water partition coefficient (Wildman–Crippen LogP) is 1.55. The maximum absolute atomic E-state index is 11.8. The highest BCUT2D eigenvalue weighted by molar-refractivity contribution is 5.80. The molecular weight excluding hydrogens is 164 g/mol. The van der Waals surface area contributed by atoms with Gasteiger partial charge in [0.25, 0.3) is 6.43 Å². The summed E-state index contributed by atoms with van der Waals surface area (Å²) in [5.41, 5.74) is 0. The minimum atomic E-state index is -2.36. The maximum atomic E-state index is 11.8. The van der Waals surface area contributed by atoms with Crippen LogP contribution in [-0.4, -0.2) is 37.2 Å². The van der Waals surface area contributed by atoms with E-state index in [9.17, 15) is 13.6 Å². The number of carbonyl (C=O) groups is 1. The Morgan fingerprint density at radius 1 is 1.50 bits per heavy atom. The molecule has 0 aromatic heterocycles. The van der Waals surface area contributed by atoms with Crippen molar-refractivity contribution >= 4 is 5.78 Å². The third-order valence-electron chi connectivity index (χ3n) is 1.42. The van der Waals surface area contributed by atoms with Gasteiger partial charge in [0.2, 0.25) is 0 Å². The predicted molar refractivity (Wildman–Crippen MR) is 43.4 cm³/mol. The quantitative estimate of drug-likeness (QED) is 0.616. The molecule has 4 heteroatoms. The van der Waals surface area contributed by atoms with Gasteiger partial charge in [0.15, 0.2) is 0 Å². The number of hydrogen-bond donors (Lipinski definition) is 0. The molecule has 0 aromatic rings. The van der Waals surface area contributed by atoms with Crippen LogP contribution in [0.15, 0.2) is 0 Å². The summed E-state index contributed by atoms with van der Waals surface area (Å²) in [6.07, 6.45) is -1.10. The van der Waals surface area contributed by atoms with E-state index >= 15 is 0 Å². The summed E-state index contributed by atoms with van der Waals surface area (Å²) >= 11 is 0. The van der Waals surface area contributed by atoms with Gasteiger partial charge in [-0.15, -0.1) is 0 Å². The summed E-state index contributed by atoms with van der Waals surface area (Å²) in [6.45, 7) is 1.71. The molecule has 0 aromatic carbocycles. The van der Waals surface area contributed by atoms with Gasteiger partial charge in [0.05, 0.1) is 13.1 Å². The standard InChI is InChI=1S/C8H15F2NO/c1-3-4-7(12)5-11(2)6-8(9)10/h8H,3-6H2,1-2H3. The van der Waals surface area contributed by atoms with Crippen LogP contribution in [0.5, 0.6) is 0 Å². The van der Waals surface area contributed by atoms with Gasteiger partial charge in [-0.1, -0.05) is 6.92 Å². The second-order valence-electron chi connectivity index (χ2n) is 2.88. The minimum absolute atomic E-state index is 0.0284. The van der Waals surface area contributed by atoms with Crippen LogP contribution in [0.4, 0.5) is 8.78 Å². The van der Waals surface area contributed by atoms with Gasteiger partial charge >= 0.3 is 0 Å². The molecule has 0 unspecified atom stereocenters. The Morgan fingerprint density at radius 2 is 2.08 bits per heavy atom. The first-order valence-electron chi connectivity index (χ1n) is 4.04. The highest BCUT2D eigenvalue weighted by Crippen LogP contribution is 1.97. The molecule has 0 aliphatic carbocycles. The number of alkyl halides is 2. The highest BCUT2D eigenvalue weighted by Gasteiger charge is 2.10. The van der Waals surface area contributed by atoms with Gasteiger partial charge in [-0.25, -0.2) is 8.78 Å². The zero-order valence-corrected chi connectivity index (χ0v) is 7.52. The van der Waals surface area contributed by atoms with Crippen molar-refractivity contribution in [2.75, 3.05) is 20.1 Å². The number of likely N-dealkylation sites (N-methyl/N-ethyl adjacent to an activating group) is 1. The van der Waals surface area contributed by atoms with Gasteiger partial charge in [0.1, 0.15) is 5.78 Å². The summed E-state index contributed by atoms with van der Waals surface area (Å²) in [7, 11) is 1.53. The number of hydrogen-bond acceptors (Lipinski definition) is 2. The maximum Gasteiger partial charge on any atom is 0.251 e. The number of rotatable bonds is 6. The lowest BCUT2D eigenvalue weighted by Crippen LogP contribution is -2.30. The Bertz CT molecular complexity index is 139. The Morgan fingerprint density at radius 3 is 2.50 bits per heavy atom. The fraction of sp³-hybridized carbons (Fsp3) is 0.875.